The molecule has 0 aromatic carbocycles. The first kappa shape index (κ1) is 9.27. The van der Waals surface area contributed by atoms with Crippen molar-refractivity contribution < 1.29 is 4.79 Å². The molecule has 4 N–H and O–H groups in total. The summed E-state index contributed by atoms with van der Waals surface area (Å²) in [4.78, 5) is 14.9. The third-order valence-electron chi connectivity index (χ3n) is 3.14. The van der Waals surface area contributed by atoms with Crippen LogP contribution in [0.25, 0.3) is 0 Å². The molecule has 1 aromatic rings. The van der Waals surface area contributed by atoms with Crippen LogP contribution in [0.2, 0.25) is 0 Å². The number of aromatic amines is 1. The van der Waals surface area contributed by atoms with Gasteiger partial charge in [0.05, 0.1) is 5.41 Å². The molecule has 1 aliphatic rings. The van der Waals surface area contributed by atoms with Crippen molar-refractivity contribution in [2.24, 2.45) is 5.84 Å². The molecule has 76 valence electrons. The molecule has 1 heterocycles. The van der Waals surface area contributed by atoms with Crippen LogP contribution >= 0.6 is 0 Å². The summed E-state index contributed by atoms with van der Waals surface area (Å²) in [6, 6.07) is 3.87. The summed E-state index contributed by atoms with van der Waals surface area (Å²) in [5.74, 6) is 5.16. The third kappa shape index (κ3) is 1.23. The zero-order valence-corrected chi connectivity index (χ0v) is 8.05. The smallest absolute Gasteiger partial charge is 0.246 e. The molecule has 2 rings (SSSR count). The van der Waals surface area contributed by atoms with Gasteiger partial charge < -0.3 is 4.98 Å². The minimum Gasteiger partial charge on any atom is -0.364 e. The van der Waals surface area contributed by atoms with E-state index in [-0.39, 0.29) is 5.91 Å². The van der Waals surface area contributed by atoms with Gasteiger partial charge in [-0.3, -0.25) is 10.2 Å². The van der Waals surface area contributed by atoms with E-state index in [1.807, 2.05) is 18.3 Å². The van der Waals surface area contributed by atoms with E-state index in [1.54, 1.807) is 0 Å². The van der Waals surface area contributed by atoms with Gasteiger partial charge in [-0.2, -0.15) is 0 Å². The molecule has 14 heavy (non-hydrogen) atoms. The molecule has 1 aromatic heterocycles. The highest BCUT2D eigenvalue weighted by molar-refractivity contribution is 5.87. The summed E-state index contributed by atoms with van der Waals surface area (Å²) in [7, 11) is 0. The number of aromatic nitrogens is 1. The van der Waals surface area contributed by atoms with E-state index < -0.39 is 5.41 Å². The second-order valence-corrected chi connectivity index (χ2v) is 3.85. The Balaban J connectivity index is 2.36. The first-order valence-corrected chi connectivity index (χ1v) is 4.94. The number of rotatable bonds is 2. The molecular weight excluding hydrogens is 178 g/mol. The Morgan fingerprint density at radius 1 is 1.50 bits per heavy atom. The Labute approximate surface area is 82.8 Å². The fourth-order valence-electron chi connectivity index (χ4n) is 2.36. The van der Waals surface area contributed by atoms with Crippen LogP contribution in [-0.4, -0.2) is 10.9 Å². The normalized spacial score (nSPS) is 19.5. The van der Waals surface area contributed by atoms with E-state index in [4.69, 9.17) is 5.84 Å². The lowest BCUT2D eigenvalue weighted by molar-refractivity contribution is -0.126. The van der Waals surface area contributed by atoms with E-state index in [9.17, 15) is 4.79 Å². The third-order valence-corrected chi connectivity index (χ3v) is 3.14. The standard InChI is InChI=1S/C10H15N3O/c11-13-9(14)10(5-1-2-6-10)8-4-3-7-12-8/h3-4,7,12H,1-2,5-6,11H2,(H,13,14). The van der Waals surface area contributed by atoms with Crippen molar-refractivity contribution >= 4 is 5.91 Å². The second-order valence-electron chi connectivity index (χ2n) is 3.85. The Hall–Kier alpha value is -1.29. The molecule has 0 bridgehead atoms. The molecule has 0 aliphatic heterocycles. The molecule has 1 amide bonds. The molecule has 0 unspecified atom stereocenters. The van der Waals surface area contributed by atoms with Crippen molar-refractivity contribution in [1.29, 1.82) is 0 Å². The predicted octanol–water partition coefficient (Wildman–Crippen LogP) is 0.816. The summed E-state index contributed by atoms with van der Waals surface area (Å²) in [6.07, 6.45) is 5.80. The Morgan fingerprint density at radius 2 is 2.21 bits per heavy atom. The van der Waals surface area contributed by atoms with Crippen molar-refractivity contribution in [2.45, 2.75) is 31.1 Å². The molecule has 1 aliphatic carbocycles. The largest absolute Gasteiger partial charge is 0.364 e. The van der Waals surface area contributed by atoms with Crippen molar-refractivity contribution in [1.82, 2.24) is 10.4 Å². The summed E-state index contributed by atoms with van der Waals surface area (Å²) >= 11 is 0. The van der Waals surface area contributed by atoms with Gasteiger partial charge in [-0.1, -0.05) is 12.8 Å². The van der Waals surface area contributed by atoms with Crippen molar-refractivity contribution in [3.8, 4) is 0 Å². The lowest BCUT2D eigenvalue weighted by Gasteiger charge is -2.25. The molecule has 0 radical (unpaired) electrons. The average Bonchev–Trinajstić information content (AvgIpc) is 2.86. The average molecular weight is 193 g/mol. The number of carbonyl (C=O) groups is 1. The Bertz CT molecular complexity index is 312. The molecule has 1 fully saturated rings. The minimum absolute atomic E-state index is 0.0718. The van der Waals surface area contributed by atoms with Crippen LogP contribution in [0.15, 0.2) is 18.3 Å². The van der Waals surface area contributed by atoms with Gasteiger partial charge in [0.15, 0.2) is 0 Å². The number of H-pyrrole nitrogens is 1. The van der Waals surface area contributed by atoms with Gasteiger partial charge in [-0.15, -0.1) is 0 Å². The number of hydrogen-bond donors (Lipinski definition) is 3. The van der Waals surface area contributed by atoms with Crippen LogP contribution in [0.4, 0.5) is 0 Å². The maximum Gasteiger partial charge on any atom is 0.246 e. The maximum atomic E-state index is 11.8. The van der Waals surface area contributed by atoms with Crippen molar-refractivity contribution in [2.75, 3.05) is 0 Å². The molecular formula is C10H15N3O. The Kier molecular flexibility index (Phi) is 2.29. The molecule has 0 atom stereocenters. The van der Waals surface area contributed by atoms with E-state index in [0.717, 1.165) is 31.4 Å². The van der Waals surface area contributed by atoms with Crippen LogP contribution in [0.1, 0.15) is 31.4 Å². The number of hydrogen-bond acceptors (Lipinski definition) is 2. The van der Waals surface area contributed by atoms with Crippen LogP contribution in [0.5, 0.6) is 0 Å². The molecule has 0 saturated heterocycles. The minimum atomic E-state index is -0.405. The van der Waals surface area contributed by atoms with E-state index >= 15 is 0 Å². The van der Waals surface area contributed by atoms with Crippen LogP contribution in [0, 0.1) is 0 Å². The van der Waals surface area contributed by atoms with Gasteiger partial charge in [-0.05, 0) is 25.0 Å². The maximum absolute atomic E-state index is 11.8. The van der Waals surface area contributed by atoms with E-state index in [2.05, 4.69) is 10.4 Å². The molecule has 4 heteroatoms. The van der Waals surface area contributed by atoms with Gasteiger partial charge >= 0.3 is 0 Å². The monoisotopic (exact) mass is 193 g/mol. The SMILES string of the molecule is NNC(=O)C1(c2ccc[nH]2)CCCC1. The fraction of sp³-hybridized carbons (Fsp3) is 0.500. The van der Waals surface area contributed by atoms with Crippen molar-refractivity contribution in [3.63, 3.8) is 0 Å². The zero-order chi connectivity index (χ0) is 10.0. The summed E-state index contributed by atoms with van der Waals surface area (Å²) in [5.41, 5.74) is 2.86. The fourth-order valence-corrected chi connectivity index (χ4v) is 2.36. The number of hydrazine groups is 1. The van der Waals surface area contributed by atoms with Gasteiger partial charge in [0.2, 0.25) is 5.91 Å². The highest BCUT2D eigenvalue weighted by atomic mass is 16.2. The zero-order valence-electron chi connectivity index (χ0n) is 8.05. The number of carbonyl (C=O) groups excluding carboxylic acids is 1. The summed E-state index contributed by atoms with van der Waals surface area (Å²) in [5, 5.41) is 0. The predicted molar refractivity (Wildman–Crippen MR) is 53.3 cm³/mol. The molecule has 4 nitrogen and oxygen atoms in total. The number of nitrogens with two attached hydrogens (primary N) is 1. The highest BCUT2D eigenvalue weighted by Gasteiger charge is 2.43. The lowest BCUT2D eigenvalue weighted by atomic mass is 9.82. The van der Waals surface area contributed by atoms with Crippen LogP contribution in [-0.2, 0) is 10.2 Å². The van der Waals surface area contributed by atoms with E-state index in [1.165, 1.54) is 0 Å². The highest BCUT2D eigenvalue weighted by Crippen LogP contribution is 2.40. The quantitative estimate of drug-likeness (QED) is 0.369. The molecule has 0 spiro atoms. The first-order chi connectivity index (χ1) is 6.79. The number of nitrogens with one attached hydrogen (secondary N) is 2. The van der Waals surface area contributed by atoms with Crippen LogP contribution in [0.3, 0.4) is 0 Å². The van der Waals surface area contributed by atoms with Crippen molar-refractivity contribution in [3.05, 3.63) is 24.0 Å². The Morgan fingerprint density at radius 3 is 2.71 bits per heavy atom. The lowest BCUT2D eigenvalue weighted by Crippen LogP contribution is -2.45. The topological polar surface area (TPSA) is 70.9 Å². The first-order valence-electron chi connectivity index (χ1n) is 4.94. The van der Waals surface area contributed by atoms with Crippen LogP contribution < -0.4 is 11.3 Å². The summed E-state index contributed by atoms with van der Waals surface area (Å²) in [6.45, 7) is 0. The number of amides is 1. The summed E-state index contributed by atoms with van der Waals surface area (Å²) < 4.78 is 0. The van der Waals surface area contributed by atoms with Gasteiger partial charge in [0.25, 0.3) is 0 Å². The second kappa shape index (κ2) is 3.46. The molecule has 1 saturated carbocycles. The van der Waals surface area contributed by atoms with Gasteiger partial charge in [0, 0.05) is 11.9 Å². The van der Waals surface area contributed by atoms with E-state index in [0.29, 0.717) is 0 Å². The van der Waals surface area contributed by atoms with Gasteiger partial charge in [0.1, 0.15) is 0 Å². The van der Waals surface area contributed by atoms with Gasteiger partial charge in [-0.25, -0.2) is 5.84 Å².